The quantitative estimate of drug-likeness (QED) is 0.443. The number of likely N-dealkylation sites (tertiary alicyclic amines) is 1. The van der Waals surface area contributed by atoms with Crippen LogP contribution in [0, 0.1) is 17.8 Å². The van der Waals surface area contributed by atoms with Gasteiger partial charge in [0.05, 0.1) is 61.3 Å². The summed E-state index contributed by atoms with van der Waals surface area (Å²) in [6.45, 7) is 5.72. The van der Waals surface area contributed by atoms with Gasteiger partial charge in [0, 0.05) is 57.4 Å². The van der Waals surface area contributed by atoms with E-state index in [1.807, 2.05) is 6.20 Å². The maximum atomic E-state index is 16.2. The molecule has 4 saturated heterocycles. The van der Waals surface area contributed by atoms with Crippen molar-refractivity contribution in [1.29, 1.82) is 0 Å². The largest absolute Gasteiger partial charge is 0.379 e. The predicted octanol–water partition coefficient (Wildman–Crippen LogP) is 0.835. The second-order valence-corrected chi connectivity index (χ2v) is 14.4. The highest BCUT2D eigenvalue weighted by molar-refractivity contribution is 6.20. The molecule has 0 aromatic carbocycles. The second kappa shape index (κ2) is 11.6. The van der Waals surface area contributed by atoms with Gasteiger partial charge in [-0.2, -0.15) is 0 Å². The third kappa shape index (κ3) is 5.06. The fraction of sp³-hybridized carbons (Fsp3) is 0.875. The van der Waals surface area contributed by atoms with E-state index in [-0.39, 0.29) is 54.0 Å². The van der Waals surface area contributed by atoms with Crippen molar-refractivity contribution >= 4 is 11.7 Å². The van der Waals surface area contributed by atoms with Crippen molar-refractivity contribution in [3.05, 3.63) is 11.8 Å². The fourth-order valence-electron chi connectivity index (χ4n) is 9.98. The first-order chi connectivity index (χ1) is 21.0. The van der Waals surface area contributed by atoms with Crippen LogP contribution in [0.2, 0.25) is 0 Å². The number of hydrogen-bond acceptors (Lipinski definition) is 9. The maximum absolute atomic E-state index is 16.2. The van der Waals surface area contributed by atoms with Gasteiger partial charge in [-0.3, -0.25) is 14.5 Å². The monoisotopic (exact) mass is 601 g/mol. The third-order valence-electron chi connectivity index (χ3n) is 12.1. The molecule has 7 fully saturated rings. The van der Waals surface area contributed by atoms with Crippen molar-refractivity contribution in [3.63, 3.8) is 0 Å². The van der Waals surface area contributed by atoms with E-state index in [0.29, 0.717) is 37.6 Å². The van der Waals surface area contributed by atoms with Crippen LogP contribution >= 0.6 is 0 Å². The minimum atomic E-state index is -1.23. The molecule has 10 nitrogen and oxygen atoms in total. The molecule has 12 atom stereocenters. The number of fused-ring (bicyclic) bond motifs is 5. The first-order valence-corrected chi connectivity index (χ1v) is 17.0. The van der Waals surface area contributed by atoms with E-state index in [4.69, 9.17) is 19.9 Å². The Bertz CT molecular complexity index is 1120. The molecule has 0 aromatic rings. The summed E-state index contributed by atoms with van der Waals surface area (Å²) in [5.41, 5.74) is 6.31. The van der Waals surface area contributed by atoms with Crippen LogP contribution in [-0.4, -0.2) is 134 Å². The standard InChI is InChI=1S/C32H48FN5O5/c33-23-13-21-29-31(28(23)35-6-8-36-9-11-41-12-10-36)43-27-14-20-19-3-1-2-4-25(19)42-26(20)15-24(27)38(29)17-22(30(21)39)32(40)37-7-5-18(34)16-37/h17-21,23-29,31,35H,1-16,34H2. The van der Waals surface area contributed by atoms with Crippen molar-refractivity contribution in [3.8, 4) is 0 Å². The van der Waals surface area contributed by atoms with E-state index in [2.05, 4.69) is 15.1 Å². The van der Waals surface area contributed by atoms with Crippen molar-refractivity contribution in [2.75, 3.05) is 52.5 Å². The van der Waals surface area contributed by atoms with Crippen molar-refractivity contribution in [2.24, 2.45) is 23.5 Å². The number of nitrogens with one attached hydrogen (secondary N) is 1. The topological polar surface area (TPSA) is 110 Å². The SMILES string of the molecule is NC1CCN(C(=O)C2=CN3C4CC5OC6CCCCC6C5CC4OC4C(NCCN5CCOCC5)C(F)CC(C2=O)C43)C1. The molecule has 3 aliphatic carbocycles. The number of rotatable bonds is 5. The van der Waals surface area contributed by atoms with E-state index < -0.39 is 24.2 Å². The summed E-state index contributed by atoms with van der Waals surface area (Å²) >= 11 is 0. The van der Waals surface area contributed by atoms with Crippen LogP contribution in [-0.2, 0) is 23.8 Å². The summed E-state index contributed by atoms with van der Waals surface area (Å²) in [6.07, 6.45) is 7.96. The molecule has 1 amide bonds. The molecule has 12 unspecified atom stereocenters. The third-order valence-corrected chi connectivity index (χ3v) is 12.1. The highest BCUT2D eigenvalue weighted by Gasteiger charge is 2.61. The highest BCUT2D eigenvalue weighted by atomic mass is 19.1. The lowest BCUT2D eigenvalue weighted by Gasteiger charge is -2.60. The van der Waals surface area contributed by atoms with Crippen LogP contribution in [0.1, 0.15) is 51.4 Å². The van der Waals surface area contributed by atoms with Gasteiger partial charge in [-0.1, -0.05) is 12.8 Å². The highest BCUT2D eigenvalue weighted by Crippen LogP contribution is 2.52. The van der Waals surface area contributed by atoms with Crippen molar-refractivity contribution < 1.29 is 28.2 Å². The predicted molar refractivity (Wildman–Crippen MR) is 156 cm³/mol. The molecule has 0 bridgehead atoms. The number of nitrogens with two attached hydrogens (primary N) is 1. The molecule has 8 rings (SSSR count). The first-order valence-electron chi connectivity index (χ1n) is 17.0. The van der Waals surface area contributed by atoms with Crippen LogP contribution in [0.4, 0.5) is 4.39 Å². The number of hydrogen-bond donors (Lipinski definition) is 2. The molecule has 238 valence electrons. The number of amides is 1. The van der Waals surface area contributed by atoms with Gasteiger partial charge in [0.15, 0.2) is 5.78 Å². The molecule has 3 N–H and O–H groups in total. The van der Waals surface area contributed by atoms with Crippen LogP contribution in [0.25, 0.3) is 0 Å². The number of halogens is 1. The lowest BCUT2D eigenvalue weighted by atomic mass is 9.67. The lowest BCUT2D eigenvalue weighted by molar-refractivity contribution is -0.209. The molecular weight excluding hydrogens is 553 g/mol. The number of carbonyl (C=O) groups is 2. The zero-order valence-corrected chi connectivity index (χ0v) is 25.2. The normalized spacial score (nSPS) is 46.1. The van der Waals surface area contributed by atoms with E-state index in [1.54, 1.807) is 4.90 Å². The summed E-state index contributed by atoms with van der Waals surface area (Å²) in [4.78, 5) is 34.0. The lowest BCUT2D eigenvalue weighted by Crippen LogP contribution is -2.73. The van der Waals surface area contributed by atoms with E-state index in [9.17, 15) is 9.59 Å². The zero-order valence-electron chi connectivity index (χ0n) is 25.2. The number of alkyl halides is 1. The summed E-state index contributed by atoms with van der Waals surface area (Å²) in [5.74, 6) is -0.0623. The zero-order chi connectivity index (χ0) is 29.2. The minimum absolute atomic E-state index is 0.00653. The Morgan fingerprint density at radius 1 is 1.00 bits per heavy atom. The van der Waals surface area contributed by atoms with Gasteiger partial charge in [0.25, 0.3) is 5.91 Å². The average molecular weight is 602 g/mol. The van der Waals surface area contributed by atoms with Gasteiger partial charge in [-0.15, -0.1) is 0 Å². The minimum Gasteiger partial charge on any atom is -0.379 e. The van der Waals surface area contributed by atoms with Gasteiger partial charge in [0.1, 0.15) is 6.17 Å². The number of ether oxygens (including phenoxy) is 3. The first kappa shape index (κ1) is 28.8. The number of morpholine rings is 2. The van der Waals surface area contributed by atoms with E-state index >= 15 is 4.39 Å². The Hall–Kier alpha value is -1.63. The summed E-state index contributed by atoms with van der Waals surface area (Å²) < 4.78 is 35.3. The van der Waals surface area contributed by atoms with Gasteiger partial charge >= 0.3 is 0 Å². The van der Waals surface area contributed by atoms with Crippen LogP contribution in [0.5, 0.6) is 0 Å². The van der Waals surface area contributed by atoms with Crippen LogP contribution in [0.15, 0.2) is 11.8 Å². The molecule has 0 radical (unpaired) electrons. The van der Waals surface area contributed by atoms with E-state index in [1.165, 1.54) is 19.3 Å². The van der Waals surface area contributed by atoms with Gasteiger partial charge in [0.2, 0.25) is 0 Å². The van der Waals surface area contributed by atoms with Crippen LogP contribution < -0.4 is 11.1 Å². The number of Topliss-reactive ketones (excluding diaryl/α,β-unsaturated/α-hetero) is 1. The number of ketones is 1. The number of carbonyl (C=O) groups excluding carboxylic acids is 2. The van der Waals surface area contributed by atoms with Gasteiger partial charge < -0.3 is 35.1 Å². The molecule has 43 heavy (non-hydrogen) atoms. The Morgan fingerprint density at radius 2 is 1.84 bits per heavy atom. The summed E-state index contributed by atoms with van der Waals surface area (Å²) in [6, 6.07) is -0.854. The molecule has 0 spiro atoms. The van der Waals surface area contributed by atoms with Crippen molar-refractivity contribution in [2.45, 2.75) is 106 Å². The van der Waals surface area contributed by atoms with E-state index in [0.717, 1.165) is 58.5 Å². The Morgan fingerprint density at radius 3 is 2.65 bits per heavy atom. The fourth-order valence-corrected chi connectivity index (χ4v) is 9.98. The molecular formula is C32H48FN5O5. The Labute approximate surface area is 253 Å². The Balaban J connectivity index is 1.09. The summed E-state index contributed by atoms with van der Waals surface area (Å²) in [5, 5.41) is 3.54. The molecule has 0 aromatic heterocycles. The number of nitrogens with zero attached hydrogens (tertiary/aromatic N) is 3. The molecule has 11 heteroatoms. The summed E-state index contributed by atoms with van der Waals surface area (Å²) in [7, 11) is 0. The molecule has 3 saturated carbocycles. The van der Waals surface area contributed by atoms with Crippen molar-refractivity contribution in [1.82, 2.24) is 20.0 Å². The van der Waals surface area contributed by atoms with Gasteiger partial charge in [-0.05, 0) is 50.4 Å². The Kier molecular flexibility index (Phi) is 7.79. The maximum Gasteiger partial charge on any atom is 0.259 e. The van der Waals surface area contributed by atoms with Gasteiger partial charge in [-0.25, -0.2) is 4.39 Å². The average Bonchev–Trinajstić information content (AvgIpc) is 3.62. The molecule has 5 aliphatic heterocycles. The smallest absolute Gasteiger partial charge is 0.259 e. The second-order valence-electron chi connectivity index (χ2n) is 14.4. The van der Waals surface area contributed by atoms with Crippen LogP contribution in [0.3, 0.4) is 0 Å². The molecule has 8 aliphatic rings. The molecule has 5 heterocycles.